The number of benzene rings is 1. The highest BCUT2D eigenvalue weighted by atomic mass is 16.2. The zero-order chi connectivity index (χ0) is 17.6. The molecule has 1 aromatic heterocycles. The van der Waals surface area contributed by atoms with Gasteiger partial charge in [-0.05, 0) is 50.1 Å². The van der Waals surface area contributed by atoms with Crippen molar-refractivity contribution in [3.8, 4) is 0 Å². The Balaban J connectivity index is 1.96. The number of para-hydroxylation sites is 1. The first-order valence-corrected chi connectivity index (χ1v) is 7.92. The van der Waals surface area contributed by atoms with Crippen LogP contribution in [0.2, 0.25) is 0 Å². The lowest BCUT2D eigenvalue weighted by molar-refractivity contribution is -0.145. The summed E-state index contributed by atoms with van der Waals surface area (Å²) < 4.78 is 0. The van der Waals surface area contributed by atoms with Crippen LogP contribution in [0, 0.1) is 5.41 Å². The molecule has 0 radical (unpaired) electrons. The van der Waals surface area contributed by atoms with Gasteiger partial charge in [0.05, 0.1) is 0 Å². The first-order chi connectivity index (χ1) is 11.4. The molecule has 1 heterocycles. The summed E-state index contributed by atoms with van der Waals surface area (Å²) in [5.41, 5.74) is 0.655. The number of rotatable bonds is 6. The van der Waals surface area contributed by atoms with Gasteiger partial charge in [0, 0.05) is 31.7 Å². The maximum absolute atomic E-state index is 12.7. The summed E-state index contributed by atoms with van der Waals surface area (Å²) in [4.78, 5) is 30.7. The van der Waals surface area contributed by atoms with E-state index in [-0.39, 0.29) is 11.8 Å². The minimum Gasteiger partial charge on any atom is -0.345 e. The molecule has 0 bridgehead atoms. The van der Waals surface area contributed by atoms with Gasteiger partial charge in [0.15, 0.2) is 0 Å². The average molecular weight is 325 g/mol. The second kappa shape index (κ2) is 7.73. The van der Waals surface area contributed by atoms with Crippen LogP contribution >= 0.6 is 0 Å². The second-order valence-corrected chi connectivity index (χ2v) is 6.28. The van der Waals surface area contributed by atoms with Gasteiger partial charge < -0.3 is 10.2 Å². The Morgan fingerprint density at radius 1 is 1.08 bits per heavy atom. The number of aromatic nitrogens is 1. The normalized spacial score (nSPS) is 11.0. The van der Waals surface area contributed by atoms with E-state index in [4.69, 9.17) is 0 Å². The Hall–Kier alpha value is -2.69. The number of hydrogen-bond acceptors (Lipinski definition) is 3. The van der Waals surface area contributed by atoms with E-state index >= 15 is 0 Å². The van der Waals surface area contributed by atoms with Crippen LogP contribution in [0.3, 0.4) is 0 Å². The summed E-state index contributed by atoms with van der Waals surface area (Å²) in [5, 5.41) is 2.80. The van der Waals surface area contributed by atoms with E-state index in [1.165, 1.54) is 0 Å². The monoisotopic (exact) mass is 325 g/mol. The zero-order valence-electron chi connectivity index (χ0n) is 14.3. The molecular formula is C19H23N3O2. The molecule has 5 nitrogen and oxygen atoms in total. The number of pyridine rings is 1. The van der Waals surface area contributed by atoms with E-state index in [2.05, 4.69) is 10.3 Å². The fourth-order valence-electron chi connectivity index (χ4n) is 2.33. The first-order valence-electron chi connectivity index (χ1n) is 7.92. The Morgan fingerprint density at radius 3 is 2.33 bits per heavy atom. The summed E-state index contributed by atoms with van der Waals surface area (Å²) in [6, 6.07) is 13.0. The van der Waals surface area contributed by atoms with Gasteiger partial charge in [0.1, 0.15) is 5.41 Å². The third-order valence-electron chi connectivity index (χ3n) is 3.97. The molecule has 2 rings (SSSR count). The van der Waals surface area contributed by atoms with Crippen LogP contribution in [-0.2, 0) is 16.0 Å². The van der Waals surface area contributed by atoms with Crippen LogP contribution in [0.25, 0.3) is 0 Å². The topological polar surface area (TPSA) is 62.3 Å². The minimum absolute atomic E-state index is 0.204. The highest BCUT2D eigenvalue weighted by molar-refractivity contribution is 6.09. The molecule has 0 unspecified atom stereocenters. The molecule has 0 saturated heterocycles. The Bertz CT molecular complexity index is 684. The lowest BCUT2D eigenvalue weighted by Gasteiger charge is -2.28. The number of carbonyl (C=O) groups excluding carboxylic acids is 2. The van der Waals surface area contributed by atoms with Crippen molar-refractivity contribution in [3.05, 3.63) is 60.4 Å². The van der Waals surface area contributed by atoms with Crippen molar-refractivity contribution in [1.29, 1.82) is 0 Å². The molecule has 24 heavy (non-hydrogen) atoms. The molecule has 0 saturated carbocycles. The number of anilines is 1. The number of nitrogens with zero attached hydrogens (tertiary/aromatic N) is 2. The molecule has 5 heteroatoms. The van der Waals surface area contributed by atoms with E-state index in [1.807, 2.05) is 30.3 Å². The van der Waals surface area contributed by atoms with E-state index in [0.29, 0.717) is 12.2 Å². The standard InChI is InChI=1S/C19H23N3O2/c1-19(2,17(23)21-16-7-5-4-6-8-16)18(24)22(3)14-11-15-9-12-20-13-10-15/h4-10,12-13H,11,14H2,1-3H3,(H,21,23). The second-order valence-electron chi connectivity index (χ2n) is 6.28. The van der Waals surface area contributed by atoms with Gasteiger partial charge in [0.25, 0.3) is 0 Å². The van der Waals surface area contributed by atoms with E-state index in [0.717, 1.165) is 12.0 Å². The zero-order valence-corrected chi connectivity index (χ0v) is 14.3. The van der Waals surface area contributed by atoms with Crippen LogP contribution in [-0.4, -0.2) is 35.3 Å². The van der Waals surface area contributed by atoms with Crippen molar-refractivity contribution in [2.24, 2.45) is 5.41 Å². The molecule has 0 spiro atoms. The van der Waals surface area contributed by atoms with Gasteiger partial charge >= 0.3 is 0 Å². The van der Waals surface area contributed by atoms with Crippen molar-refractivity contribution in [3.63, 3.8) is 0 Å². The third kappa shape index (κ3) is 4.41. The van der Waals surface area contributed by atoms with Gasteiger partial charge in [-0.2, -0.15) is 0 Å². The molecule has 126 valence electrons. The summed E-state index contributed by atoms with van der Waals surface area (Å²) in [7, 11) is 1.72. The molecule has 0 atom stereocenters. The highest BCUT2D eigenvalue weighted by Crippen LogP contribution is 2.21. The molecule has 2 aromatic rings. The highest BCUT2D eigenvalue weighted by Gasteiger charge is 2.38. The number of amides is 2. The van der Waals surface area contributed by atoms with Crippen molar-refractivity contribution >= 4 is 17.5 Å². The Kier molecular flexibility index (Phi) is 5.68. The van der Waals surface area contributed by atoms with Crippen molar-refractivity contribution in [2.75, 3.05) is 18.9 Å². The molecule has 0 fully saturated rings. The van der Waals surface area contributed by atoms with Gasteiger partial charge in [0.2, 0.25) is 11.8 Å². The van der Waals surface area contributed by atoms with Crippen LogP contribution in [0.5, 0.6) is 0 Å². The molecule has 1 aromatic carbocycles. The molecule has 0 aliphatic rings. The summed E-state index contributed by atoms with van der Waals surface area (Å²) >= 11 is 0. The van der Waals surface area contributed by atoms with Gasteiger partial charge in [-0.3, -0.25) is 14.6 Å². The predicted molar refractivity (Wildman–Crippen MR) is 94.4 cm³/mol. The lowest BCUT2D eigenvalue weighted by atomic mass is 9.90. The SMILES string of the molecule is CN(CCc1ccncc1)C(=O)C(C)(C)C(=O)Nc1ccccc1. The quantitative estimate of drug-likeness (QED) is 0.831. The molecule has 0 aliphatic carbocycles. The summed E-state index contributed by atoms with van der Waals surface area (Å²) in [5.74, 6) is -0.514. The number of carbonyl (C=O) groups is 2. The van der Waals surface area contributed by atoms with Crippen molar-refractivity contribution in [2.45, 2.75) is 20.3 Å². The molecule has 1 N–H and O–H groups in total. The first kappa shape index (κ1) is 17.7. The number of nitrogens with one attached hydrogen (secondary N) is 1. The van der Waals surface area contributed by atoms with Crippen LogP contribution in [0.15, 0.2) is 54.9 Å². The Labute approximate surface area is 142 Å². The van der Waals surface area contributed by atoms with E-state index < -0.39 is 5.41 Å². The number of likely N-dealkylation sites (N-methyl/N-ethyl adjacent to an activating group) is 1. The fourth-order valence-corrected chi connectivity index (χ4v) is 2.33. The van der Waals surface area contributed by atoms with Gasteiger partial charge in [-0.25, -0.2) is 0 Å². The van der Waals surface area contributed by atoms with Crippen molar-refractivity contribution < 1.29 is 9.59 Å². The van der Waals surface area contributed by atoms with E-state index in [1.54, 1.807) is 50.3 Å². The minimum atomic E-state index is -1.14. The van der Waals surface area contributed by atoms with Crippen molar-refractivity contribution in [1.82, 2.24) is 9.88 Å². The molecule has 0 aliphatic heterocycles. The summed E-state index contributed by atoms with van der Waals surface area (Å²) in [6.45, 7) is 3.85. The average Bonchev–Trinajstić information content (AvgIpc) is 2.60. The number of hydrogen-bond donors (Lipinski definition) is 1. The fraction of sp³-hybridized carbons (Fsp3) is 0.316. The lowest BCUT2D eigenvalue weighted by Crippen LogP contribution is -2.46. The predicted octanol–water partition coefficient (Wildman–Crippen LogP) is 2.75. The Morgan fingerprint density at radius 2 is 1.71 bits per heavy atom. The van der Waals surface area contributed by atoms with Crippen LogP contribution in [0.1, 0.15) is 19.4 Å². The van der Waals surface area contributed by atoms with Gasteiger partial charge in [-0.15, -0.1) is 0 Å². The van der Waals surface area contributed by atoms with E-state index in [9.17, 15) is 9.59 Å². The van der Waals surface area contributed by atoms with Crippen LogP contribution in [0.4, 0.5) is 5.69 Å². The smallest absolute Gasteiger partial charge is 0.239 e. The molecule has 2 amide bonds. The van der Waals surface area contributed by atoms with Gasteiger partial charge in [-0.1, -0.05) is 18.2 Å². The third-order valence-corrected chi connectivity index (χ3v) is 3.97. The summed E-state index contributed by atoms with van der Waals surface area (Å²) in [6.07, 6.45) is 4.18. The van der Waals surface area contributed by atoms with Crippen LogP contribution < -0.4 is 5.32 Å². The largest absolute Gasteiger partial charge is 0.345 e. The molecular weight excluding hydrogens is 302 g/mol. The maximum Gasteiger partial charge on any atom is 0.239 e. The maximum atomic E-state index is 12.7.